The van der Waals surface area contributed by atoms with Crippen molar-refractivity contribution in [2.24, 2.45) is 0 Å². The molecule has 88 valence electrons. The van der Waals surface area contributed by atoms with Crippen LogP contribution in [0.5, 0.6) is 0 Å². The Hall–Kier alpha value is -0.510. The number of allylic oxidation sites excluding steroid dienone is 2. The van der Waals surface area contributed by atoms with Crippen LogP contribution in [-0.2, 0) is 13.6 Å². The highest BCUT2D eigenvalue weighted by Gasteiger charge is 2.18. The summed E-state index contributed by atoms with van der Waals surface area (Å²) >= 11 is 0. The number of halogens is 2. The quantitative estimate of drug-likeness (QED) is 0.521. The van der Waals surface area contributed by atoms with E-state index in [4.69, 9.17) is 9.05 Å². The van der Waals surface area contributed by atoms with Crippen molar-refractivity contribution in [3.63, 3.8) is 0 Å². The second kappa shape index (κ2) is 6.88. The van der Waals surface area contributed by atoms with Gasteiger partial charge in [-0.25, -0.2) is 0 Å². The zero-order chi connectivity index (χ0) is 11.9. The first-order valence-electron chi connectivity index (χ1n) is 4.55. The molecule has 0 unspecified atom stereocenters. The summed E-state index contributed by atoms with van der Waals surface area (Å²) in [6.45, 7) is 4.91. The summed E-state index contributed by atoms with van der Waals surface area (Å²) in [5.74, 6) is 1.05. The molecular weight excluding hydrogens is 225 g/mol. The van der Waals surface area contributed by atoms with Crippen molar-refractivity contribution in [2.45, 2.75) is 20.8 Å². The van der Waals surface area contributed by atoms with Gasteiger partial charge in [0.15, 0.2) is 0 Å². The molecule has 0 aromatic rings. The highest BCUT2D eigenvalue weighted by Crippen LogP contribution is 2.49. The maximum absolute atomic E-state index is 12.0. The average Bonchev–Trinajstić information content (AvgIpc) is 2.15. The SMILES string of the molecule is CCOP(=O)(/C=C/C(C)=C(F)F)OCC. The lowest BCUT2D eigenvalue weighted by Gasteiger charge is -2.12. The van der Waals surface area contributed by atoms with Gasteiger partial charge in [0.1, 0.15) is 0 Å². The molecule has 0 heterocycles. The zero-order valence-electron chi connectivity index (χ0n) is 9.00. The third kappa shape index (κ3) is 5.82. The van der Waals surface area contributed by atoms with Crippen LogP contribution in [0.1, 0.15) is 20.8 Å². The third-order valence-corrected chi connectivity index (χ3v) is 3.17. The number of hydrogen-bond acceptors (Lipinski definition) is 3. The number of rotatable bonds is 6. The Bertz CT molecular complexity index is 286. The first-order chi connectivity index (χ1) is 6.95. The van der Waals surface area contributed by atoms with Crippen LogP contribution in [0.4, 0.5) is 8.78 Å². The van der Waals surface area contributed by atoms with Crippen LogP contribution in [0.3, 0.4) is 0 Å². The van der Waals surface area contributed by atoms with Crippen molar-refractivity contribution in [1.82, 2.24) is 0 Å². The van der Waals surface area contributed by atoms with Crippen LogP contribution in [0.2, 0.25) is 0 Å². The minimum absolute atomic E-state index is 0.197. The highest BCUT2D eigenvalue weighted by molar-refractivity contribution is 7.57. The fourth-order valence-corrected chi connectivity index (χ4v) is 2.12. The fourth-order valence-electron chi connectivity index (χ4n) is 0.749. The van der Waals surface area contributed by atoms with Crippen LogP contribution in [0, 0.1) is 0 Å². The van der Waals surface area contributed by atoms with Crippen molar-refractivity contribution < 1.29 is 22.4 Å². The maximum Gasteiger partial charge on any atom is 0.354 e. The molecule has 0 aliphatic carbocycles. The van der Waals surface area contributed by atoms with Crippen LogP contribution < -0.4 is 0 Å². The van der Waals surface area contributed by atoms with Crippen molar-refractivity contribution >= 4 is 7.60 Å². The van der Waals surface area contributed by atoms with Gasteiger partial charge in [0.2, 0.25) is 0 Å². The number of hydrogen-bond donors (Lipinski definition) is 0. The summed E-state index contributed by atoms with van der Waals surface area (Å²) in [6.07, 6.45) is -0.771. The van der Waals surface area contributed by atoms with E-state index in [-0.39, 0.29) is 18.8 Å². The summed E-state index contributed by atoms with van der Waals surface area (Å²) in [7, 11) is -3.36. The van der Waals surface area contributed by atoms with Gasteiger partial charge < -0.3 is 9.05 Å². The van der Waals surface area contributed by atoms with Crippen LogP contribution in [-0.4, -0.2) is 13.2 Å². The van der Waals surface area contributed by atoms with Gasteiger partial charge in [-0.2, -0.15) is 8.78 Å². The monoisotopic (exact) mass is 240 g/mol. The summed E-state index contributed by atoms with van der Waals surface area (Å²) in [5, 5.41) is 0. The molecule has 0 spiro atoms. The van der Waals surface area contributed by atoms with Gasteiger partial charge in [-0.3, -0.25) is 4.57 Å². The molecule has 0 saturated carbocycles. The summed E-state index contributed by atoms with van der Waals surface area (Å²) < 4.78 is 45.6. The predicted octanol–water partition coefficient (Wildman–Crippen LogP) is 3.94. The molecule has 0 aliphatic rings. The average molecular weight is 240 g/mol. The van der Waals surface area contributed by atoms with Crippen molar-refractivity contribution in [3.8, 4) is 0 Å². The van der Waals surface area contributed by atoms with E-state index < -0.39 is 13.7 Å². The minimum Gasteiger partial charge on any atom is -0.306 e. The molecular formula is C9H15F2O3P. The second-order valence-electron chi connectivity index (χ2n) is 2.63. The van der Waals surface area contributed by atoms with E-state index in [0.29, 0.717) is 0 Å². The topological polar surface area (TPSA) is 35.5 Å². The van der Waals surface area contributed by atoms with Gasteiger partial charge >= 0.3 is 7.60 Å². The standard InChI is InChI=1S/C9H15F2O3P/c1-4-13-15(12,14-5-2)7-6-8(3)9(10)11/h6-7H,4-5H2,1-3H3/b7-6+. The summed E-state index contributed by atoms with van der Waals surface area (Å²) in [4.78, 5) is 0. The lowest BCUT2D eigenvalue weighted by molar-refractivity contribution is 0.229. The molecule has 0 radical (unpaired) electrons. The Morgan fingerprint density at radius 3 is 2.07 bits per heavy atom. The first-order valence-corrected chi connectivity index (χ1v) is 6.16. The maximum atomic E-state index is 12.0. The van der Waals surface area contributed by atoms with Gasteiger partial charge in [0.05, 0.1) is 13.2 Å². The Morgan fingerprint density at radius 1 is 1.27 bits per heavy atom. The van der Waals surface area contributed by atoms with Crippen molar-refractivity contribution in [1.29, 1.82) is 0 Å². The normalized spacial score (nSPS) is 12.1. The van der Waals surface area contributed by atoms with E-state index in [2.05, 4.69) is 0 Å². The van der Waals surface area contributed by atoms with E-state index in [0.717, 1.165) is 11.9 Å². The molecule has 0 atom stereocenters. The molecule has 0 aliphatic heterocycles. The van der Waals surface area contributed by atoms with Crippen molar-refractivity contribution in [3.05, 3.63) is 23.5 Å². The molecule has 15 heavy (non-hydrogen) atoms. The molecule has 6 heteroatoms. The van der Waals surface area contributed by atoms with Gasteiger partial charge in [-0.05, 0) is 26.8 Å². The van der Waals surface area contributed by atoms with E-state index in [1.807, 2.05) is 0 Å². The Morgan fingerprint density at radius 2 is 1.73 bits per heavy atom. The molecule has 0 saturated heterocycles. The second-order valence-corrected chi connectivity index (χ2v) is 4.53. The van der Waals surface area contributed by atoms with Crippen LogP contribution in [0.25, 0.3) is 0 Å². The van der Waals surface area contributed by atoms with Gasteiger partial charge in [-0.1, -0.05) is 0 Å². The lowest BCUT2D eigenvalue weighted by Crippen LogP contribution is -1.92. The van der Waals surface area contributed by atoms with E-state index in [1.165, 1.54) is 6.92 Å². The zero-order valence-corrected chi connectivity index (χ0v) is 9.89. The first kappa shape index (κ1) is 14.5. The largest absolute Gasteiger partial charge is 0.354 e. The predicted molar refractivity (Wildman–Crippen MR) is 54.9 cm³/mol. The summed E-state index contributed by atoms with van der Waals surface area (Å²) in [6, 6.07) is 0. The molecule has 0 amide bonds. The van der Waals surface area contributed by atoms with E-state index in [1.54, 1.807) is 13.8 Å². The molecule has 3 nitrogen and oxygen atoms in total. The Labute approximate surface area is 88.3 Å². The van der Waals surface area contributed by atoms with Crippen molar-refractivity contribution in [2.75, 3.05) is 13.2 Å². The molecule has 0 aromatic heterocycles. The molecule has 0 rings (SSSR count). The molecule has 0 bridgehead atoms. The Kier molecular flexibility index (Phi) is 6.65. The highest BCUT2D eigenvalue weighted by atomic mass is 31.2. The molecule has 0 fully saturated rings. The van der Waals surface area contributed by atoms with Gasteiger partial charge in [0, 0.05) is 11.4 Å². The van der Waals surface area contributed by atoms with Gasteiger partial charge in [-0.15, -0.1) is 0 Å². The van der Waals surface area contributed by atoms with Crippen LogP contribution >= 0.6 is 7.60 Å². The minimum atomic E-state index is -3.36. The van der Waals surface area contributed by atoms with E-state index >= 15 is 0 Å². The lowest BCUT2D eigenvalue weighted by atomic mass is 10.3. The van der Waals surface area contributed by atoms with E-state index in [9.17, 15) is 13.3 Å². The molecule has 0 aromatic carbocycles. The fraction of sp³-hybridized carbons (Fsp3) is 0.556. The smallest absolute Gasteiger partial charge is 0.306 e. The molecule has 0 N–H and O–H groups in total. The third-order valence-electron chi connectivity index (χ3n) is 1.42. The Balaban J connectivity index is 4.69. The van der Waals surface area contributed by atoms with Gasteiger partial charge in [0.25, 0.3) is 6.08 Å². The van der Waals surface area contributed by atoms with Crippen LogP contribution in [0.15, 0.2) is 23.5 Å². The summed E-state index contributed by atoms with van der Waals surface area (Å²) in [5.41, 5.74) is -0.255.